The van der Waals surface area contributed by atoms with Crippen molar-refractivity contribution in [3.8, 4) is 0 Å². The summed E-state index contributed by atoms with van der Waals surface area (Å²) in [6.45, 7) is 3.98. The van der Waals surface area contributed by atoms with Gasteiger partial charge in [-0.25, -0.2) is 14.9 Å². The highest BCUT2D eigenvalue weighted by Crippen LogP contribution is 1.99. The Morgan fingerprint density at radius 3 is 2.31 bits per heavy atom. The van der Waals surface area contributed by atoms with Crippen molar-refractivity contribution >= 4 is 23.7 Å². The highest BCUT2D eigenvalue weighted by Gasteiger charge is 2.19. The van der Waals surface area contributed by atoms with Crippen molar-refractivity contribution in [2.24, 2.45) is 5.92 Å². The second kappa shape index (κ2) is 12.4. The zero-order valence-electron chi connectivity index (χ0n) is 14.8. The summed E-state index contributed by atoms with van der Waals surface area (Å²) >= 11 is 0. The lowest BCUT2D eigenvalue weighted by Crippen LogP contribution is -2.43. The molecule has 6 N–H and O–H groups in total. The zero-order chi connectivity index (χ0) is 20.1. The van der Waals surface area contributed by atoms with Crippen molar-refractivity contribution in [1.82, 2.24) is 21.4 Å². The van der Waals surface area contributed by atoms with Crippen molar-refractivity contribution in [3.63, 3.8) is 0 Å². The first-order chi connectivity index (χ1) is 12.1. The number of nitrogens with one attached hydrogen (secondary N) is 5. The van der Waals surface area contributed by atoms with E-state index in [4.69, 9.17) is 10.5 Å². The number of amides is 2. The van der Waals surface area contributed by atoms with E-state index in [1.807, 2.05) is 0 Å². The van der Waals surface area contributed by atoms with Gasteiger partial charge in [-0.3, -0.25) is 15.0 Å². The van der Waals surface area contributed by atoms with Gasteiger partial charge in [0.15, 0.2) is 5.03 Å². The first-order valence-corrected chi connectivity index (χ1v) is 8.16. The van der Waals surface area contributed by atoms with Crippen molar-refractivity contribution in [3.05, 3.63) is 10.1 Å². The summed E-state index contributed by atoms with van der Waals surface area (Å²) in [5.74, 6) is -2.39. The van der Waals surface area contributed by atoms with Crippen LogP contribution in [0.3, 0.4) is 0 Å². The van der Waals surface area contributed by atoms with Crippen LogP contribution in [-0.2, 0) is 14.4 Å². The molecular weight excluding hydrogens is 348 g/mol. The van der Waals surface area contributed by atoms with Crippen LogP contribution in [0, 0.1) is 21.4 Å². The maximum Gasteiger partial charge on any atom is 0.326 e. The number of aliphatic carboxylic acids is 1. The van der Waals surface area contributed by atoms with Crippen LogP contribution >= 0.6 is 0 Å². The molecule has 0 fully saturated rings. The Morgan fingerprint density at radius 2 is 1.77 bits per heavy atom. The molecule has 0 spiro atoms. The van der Waals surface area contributed by atoms with Gasteiger partial charge in [0.05, 0.1) is 0 Å². The fourth-order valence-corrected chi connectivity index (χ4v) is 1.84. The third-order valence-corrected chi connectivity index (χ3v) is 3.21. The van der Waals surface area contributed by atoms with E-state index in [9.17, 15) is 24.5 Å². The molecule has 2 amide bonds. The number of guanidine groups is 1. The van der Waals surface area contributed by atoms with E-state index < -0.39 is 28.9 Å². The smallest absolute Gasteiger partial charge is 0.326 e. The molecule has 0 saturated carbocycles. The van der Waals surface area contributed by atoms with Gasteiger partial charge in [-0.2, -0.15) is 0 Å². The van der Waals surface area contributed by atoms with Crippen molar-refractivity contribution in [2.75, 3.05) is 13.1 Å². The quantitative estimate of drug-likeness (QED) is 0.0841. The number of hydrogen-bond acceptors (Lipinski definition) is 6. The van der Waals surface area contributed by atoms with Crippen LogP contribution in [0.15, 0.2) is 0 Å². The maximum atomic E-state index is 11.8. The SMILES string of the molecule is CC(C)C(=O)NCCCC(=O)NC(CCCNC(=N)N[N+](=O)[O-])C(=O)O. The van der Waals surface area contributed by atoms with Gasteiger partial charge < -0.3 is 21.1 Å². The number of hydrazine groups is 1. The van der Waals surface area contributed by atoms with Gasteiger partial charge in [-0.15, -0.1) is 0 Å². The van der Waals surface area contributed by atoms with Gasteiger partial charge in [-0.05, 0) is 19.3 Å². The van der Waals surface area contributed by atoms with Crippen LogP contribution in [0.1, 0.15) is 39.5 Å². The standard InChI is InChI=1S/C14H26N6O6/c1-9(2)12(22)16-7-4-6-11(21)18-10(13(23)24)5-3-8-17-14(15)19-20(25)26/h9-10H,3-8H2,1-2H3,(H,16,22)(H,18,21)(H,23,24)(H3,15,17,19). The molecule has 0 aliphatic heterocycles. The number of carboxylic acid groups (broad SMARTS) is 1. The van der Waals surface area contributed by atoms with Crippen LogP contribution in [0.5, 0.6) is 0 Å². The summed E-state index contributed by atoms with van der Waals surface area (Å²) in [6.07, 6.45) is 0.854. The Bertz CT molecular complexity index is 524. The molecule has 0 aliphatic carbocycles. The molecule has 12 nitrogen and oxygen atoms in total. The van der Waals surface area contributed by atoms with Crippen molar-refractivity contribution in [1.29, 1.82) is 5.41 Å². The molecule has 12 heteroatoms. The van der Waals surface area contributed by atoms with Crippen LogP contribution in [0.25, 0.3) is 0 Å². The molecule has 1 unspecified atom stereocenters. The van der Waals surface area contributed by atoms with E-state index in [1.54, 1.807) is 19.3 Å². The second-order valence-corrected chi connectivity index (χ2v) is 5.82. The maximum absolute atomic E-state index is 11.8. The Hall–Kier alpha value is -2.92. The first-order valence-electron chi connectivity index (χ1n) is 8.16. The van der Waals surface area contributed by atoms with Gasteiger partial charge in [0, 0.05) is 25.4 Å². The monoisotopic (exact) mass is 374 g/mol. The highest BCUT2D eigenvalue weighted by atomic mass is 16.7. The summed E-state index contributed by atoms with van der Waals surface area (Å²) in [5.41, 5.74) is 1.61. The molecule has 26 heavy (non-hydrogen) atoms. The number of nitrogens with zero attached hydrogens (tertiary/aromatic N) is 1. The van der Waals surface area contributed by atoms with Crippen LogP contribution in [0.4, 0.5) is 0 Å². The Morgan fingerprint density at radius 1 is 1.15 bits per heavy atom. The number of carbonyl (C=O) groups excluding carboxylic acids is 2. The van der Waals surface area contributed by atoms with E-state index in [0.29, 0.717) is 13.0 Å². The molecule has 0 rings (SSSR count). The number of hydrogen-bond donors (Lipinski definition) is 6. The Kier molecular flexibility index (Phi) is 11.0. The van der Waals surface area contributed by atoms with Gasteiger partial charge in [0.2, 0.25) is 11.8 Å². The van der Waals surface area contributed by atoms with E-state index in [2.05, 4.69) is 16.0 Å². The minimum atomic E-state index is -1.19. The molecule has 0 radical (unpaired) electrons. The lowest BCUT2D eigenvalue weighted by Gasteiger charge is -2.15. The molecular formula is C14H26N6O6. The van der Waals surface area contributed by atoms with Crippen molar-refractivity contribution in [2.45, 2.75) is 45.6 Å². The number of nitro groups is 1. The summed E-state index contributed by atoms with van der Waals surface area (Å²) in [4.78, 5) is 44.4. The van der Waals surface area contributed by atoms with E-state index in [0.717, 1.165) is 0 Å². The molecule has 0 aromatic heterocycles. The van der Waals surface area contributed by atoms with E-state index in [1.165, 1.54) is 0 Å². The predicted octanol–water partition coefficient (Wildman–Crippen LogP) is -0.806. The van der Waals surface area contributed by atoms with Gasteiger partial charge in [0.25, 0.3) is 5.96 Å². The van der Waals surface area contributed by atoms with E-state index in [-0.39, 0.29) is 37.6 Å². The topological polar surface area (TPSA) is 187 Å². The van der Waals surface area contributed by atoms with Crippen molar-refractivity contribution < 1.29 is 24.5 Å². The second-order valence-electron chi connectivity index (χ2n) is 5.82. The molecule has 0 aromatic rings. The average molecular weight is 374 g/mol. The minimum absolute atomic E-state index is 0.0812. The molecule has 0 aliphatic rings. The largest absolute Gasteiger partial charge is 0.480 e. The molecule has 0 saturated heterocycles. The molecule has 0 heterocycles. The van der Waals surface area contributed by atoms with Gasteiger partial charge in [0.1, 0.15) is 6.04 Å². The summed E-state index contributed by atoms with van der Waals surface area (Å²) in [7, 11) is 0. The first kappa shape index (κ1) is 23.1. The summed E-state index contributed by atoms with van der Waals surface area (Å²) in [6, 6.07) is -1.09. The predicted molar refractivity (Wildman–Crippen MR) is 91.7 cm³/mol. The number of carboxylic acids is 1. The molecule has 1 atom stereocenters. The third kappa shape index (κ3) is 11.6. The fraction of sp³-hybridized carbons (Fsp3) is 0.714. The normalized spacial score (nSPS) is 11.3. The van der Waals surface area contributed by atoms with Gasteiger partial charge >= 0.3 is 5.97 Å². The lowest BCUT2D eigenvalue weighted by molar-refractivity contribution is -0.525. The third-order valence-electron chi connectivity index (χ3n) is 3.21. The van der Waals surface area contributed by atoms with Gasteiger partial charge in [-0.1, -0.05) is 19.3 Å². The fourth-order valence-electron chi connectivity index (χ4n) is 1.84. The summed E-state index contributed by atoms with van der Waals surface area (Å²) in [5, 5.41) is 33.0. The van der Waals surface area contributed by atoms with Crippen LogP contribution in [-0.4, -0.2) is 53.0 Å². The average Bonchev–Trinajstić information content (AvgIpc) is 2.53. The summed E-state index contributed by atoms with van der Waals surface area (Å²) < 4.78 is 0. The lowest BCUT2D eigenvalue weighted by atomic mass is 10.1. The van der Waals surface area contributed by atoms with Crippen LogP contribution in [0.2, 0.25) is 0 Å². The molecule has 0 bridgehead atoms. The molecule has 148 valence electrons. The zero-order valence-corrected chi connectivity index (χ0v) is 14.8. The van der Waals surface area contributed by atoms with E-state index >= 15 is 0 Å². The number of carbonyl (C=O) groups is 3. The Labute approximate surface area is 150 Å². The Balaban J connectivity index is 4.05. The number of rotatable bonds is 12. The van der Waals surface area contributed by atoms with Crippen LogP contribution < -0.4 is 21.4 Å². The molecule has 0 aromatic carbocycles. The highest BCUT2D eigenvalue weighted by molar-refractivity contribution is 5.83. The minimum Gasteiger partial charge on any atom is -0.480 e.